The second-order valence-corrected chi connectivity index (χ2v) is 19.3. The van der Waals surface area contributed by atoms with E-state index in [1.54, 1.807) is 13.4 Å². The van der Waals surface area contributed by atoms with Gasteiger partial charge in [0, 0.05) is 0 Å². The van der Waals surface area contributed by atoms with Crippen LogP contribution in [0.3, 0.4) is 0 Å². The predicted octanol–water partition coefficient (Wildman–Crippen LogP) is 4.12. The Morgan fingerprint density at radius 3 is 1.29 bits per heavy atom. The quantitative estimate of drug-likeness (QED) is 0.243. The van der Waals surface area contributed by atoms with Crippen LogP contribution in [0.1, 0.15) is 39.0 Å². The number of unbranched alkanes of at least 4 members (excludes halogenated alkanes) is 3. The third-order valence-corrected chi connectivity index (χ3v) is 16.3. The van der Waals surface area contributed by atoms with Gasteiger partial charge in [-0.05, 0) is 0 Å². The Kier molecular flexibility index (Phi) is 9.42. The van der Waals surface area contributed by atoms with E-state index in [9.17, 15) is 0 Å². The minimum atomic E-state index is 0.449. The Morgan fingerprint density at radius 2 is 0.929 bits per heavy atom. The van der Waals surface area contributed by atoms with Gasteiger partial charge in [-0.2, -0.15) is 0 Å². The van der Waals surface area contributed by atoms with Crippen LogP contribution in [0.4, 0.5) is 0 Å². The summed E-state index contributed by atoms with van der Waals surface area (Å²) in [6.45, 7) is 2.31. The first kappa shape index (κ1) is 21.9. The second-order valence-electron chi connectivity index (χ2n) is 6.74. The molecular formula is C25H28Se3. The third-order valence-electron chi connectivity index (χ3n) is 4.39. The molecule has 146 valence electrons. The molecule has 28 heavy (non-hydrogen) atoms. The number of rotatable bonds is 11. The van der Waals surface area contributed by atoms with Gasteiger partial charge in [0.25, 0.3) is 0 Å². The summed E-state index contributed by atoms with van der Waals surface area (Å²) in [5.74, 6) is 0. The molecule has 0 unspecified atom stereocenters. The fourth-order valence-electron chi connectivity index (χ4n) is 2.99. The van der Waals surface area contributed by atoms with Crippen molar-refractivity contribution in [2.45, 2.75) is 41.1 Å². The number of hydrogen-bond acceptors (Lipinski definition) is 0. The normalized spacial score (nSPS) is 11.5. The first-order valence-electron chi connectivity index (χ1n) is 10.0. The number of hydrogen-bond donors (Lipinski definition) is 0. The summed E-state index contributed by atoms with van der Waals surface area (Å²) < 4.78 is 5.12. The molecule has 0 fully saturated rings. The first-order chi connectivity index (χ1) is 13.8. The molecule has 0 heterocycles. The van der Waals surface area contributed by atoms with Gasteiger partial charge in [0.2, 0.25) is 0 Å². The molecule has 0 nitrogen and oxygen atoms in total. The van der Waals surface area contributed by atoms with Gasteiger partial charge in [-0.3, -0.25) is 0 Å². The fourth-order valence-corrected chi connectivity index (χ4v) is 16.6. The molecule has 0 amide bonds. The van der Waals surface area contributed by atoms with Gasteiger partial charge < -0.3 is 0 Å². The van der Waals surface area contributed by atoms with Crippen molar-refractivity contribution in [3.05, 3.63) is 91.0 Å². The van der Waals surface area contributed by atoms with Crippen LogP contribution in [0.2, 0.25) is 2.11 Å². The molecule has 0 spiro atoms. The van der Waals surface area contributed by atoms with Crippen LogP contribution >= 0.6 is 0 Å². The Hall–Kier alpha value is -0.782. The SMILES string of the molecule is CCCCCCC([Se]c1ccccc1)([Se]c1ccccc1)[Se]c1ccccc1. The molecule has 0 aliphatic rings. The Morgan fingerprint density at radius 1 is 0.536 bits per heavy atom. The molecule has 0 saturated heterocycles. The van der Waals surface area contributed by atoms with Crippen molar-refractivity contribution >= 4 is 58.3 Å². The van der Waals surface area contributed by atoms with Crippen LogP contribution < -0.4 is 13.4 Å². The summed E-state index contributed by atoms with van der Waals surface area (Å²) in [5, 5.41) is 0. The number of benzene rings is 3. The topological polar surface area (TPSA) is 0 Å². The molecular weight excluding hydrogens is 537 g/mol. The molecule has 3 rings (SSSR count). The van der Waals surface area contributed by atoms with Crippen molar-refractivity contribution in [2.75, 3.05) is 0 Å². The van der Waals surface area contributed by atoms with Crippen LogP contribution in [0.5, 0.6) is 0 Å². The van der Waals surface area contributed by atoms with Gasteiger partial charge in [-0.1, -0.05) is 0 Å². The molecule has 3 aromatic rings. The molecule has 3 aromatic carbocycles. The van der Waals surface area contributed by atoms with E-state index in [0.29, 0.717) is 47.0 Å². The summed E-state index contributed by atoms with van der Waals surface area (Å²) in [4.78, 5) is 0. The first-order valence-corrected chi connectivity index (χ1v) is 15.2. The van der Waals surface area contributed by atoms with E-state index >= 15 is 0 Å². The Balaban J connectivity index is 1.90. The predicted molar refractivity (Wildman–Crippen MR) is 127 cm³/mol. The van der Waals surface area contributed by atoms with E-state index in [4.69, 9.17) is 0 Å². The molecule has 0 atom stereocenters. The van der Waals surface area contributed by atoms with Crippen LogP contribution in [0.15, 0.2) is 91.0 Å². The molecule has 0 N–H and O–H groups in total. The fraction of sp³-hybridized carbons (Fsp3) is 0.280. The van der Waals surface area contributed by atoms with Gasteiger partial charge in [0.05, 0.1) is 0 Å². The van der Waals surface area contributed by atoms with Crippen molar-refractivity contribution < 1.29 is 0 Å². The van der Waals surface area contributed by atoms with E-state index < -0.39 is 0 Å². The summed E-state index contributed by atoms with van der Waals surface area (Å²) in [6.07, 6.45) is 6.78. The molecule has 0 bridgehead atoms. The van der Waals surface area contributed by atoms with E-state index in [1.165, 1.54) is 32.1 Å². The average molecular weight is 565 g/mol. The maximum atomic E-state index is 2.35. The minimum absolute atomic E-state index is 0.449. The van der Waals surface area contributed by atoms with Crippen LogP contribution in [-0.2, 0) is 0 Å². The molecule has 0 aromatic heterocycles. The van der Waals surface area contributed by atoms with Gasteiger partial charge in [0.15, 0.2) is 0 Å². The third kappa shape index (κ3) is 7.23. The van der Waals surface area contributed by atoms with E-state index in [1.807, 2.05) is 0 Å². The Labute approximate surface area is 189 Å². The van der Waals surface area contributed by atoms with Crippen molar-refractivity contribution in [1.29, 1.82) is 0 Å². The molecule has 0 saturated carbocycles. The van der Waals surface area contributed by atoms with Crippen LogP contribution in [-0.4, -0.2) is 44.9 Å². The summed E-state index contributed by atoms with van der Waals surface area (Å²) in [6, 6.07) is 33.8. The summed E-state index contributed by atoms with van der Waals surface area (Å²) in [7, 11) is 0. The second kappa shape index (κ2) is 12.0. The van der Waals surface area contributed by atoms with E-state index in [2.05, 4.69) is 97.9 Å². The molecule has 0 aliphatic heterocycles. The van der Waals surface area contributed by atoms with Crippen molar-refractivity contribution in [2.24, 2.45) is 0 Å². The molecule has 0 radical (unpaired) electrons. The summed E-state index contributed by atoms with van der Waals surface area (Å²) >= 11 is 1.48. The zero-order valence-electron chi connectivity index (χ0n) is 16.4. The van der Waals surface area contributed by atoms with Crippen LogP contribution in [0.25, 0.3) is 0 Å². The van der Waals surface area contributed by atoms with Gasteiger partial charge in [-0.25, -0.2) is 0 Å². The Bertz CT molecular complexity index is 686. The maximum absolute atomic E-state index is 2.35. The van der Waals surface area contributed by atoms with E-state index in [0.717, 1.165) is 0 Å². The van der Waals surface area contributed by atoms with Gasteiger partial charge in [-0.15, -0.1) is 0 Å². The zero-order valence-corrected chi connectivity index (χ0v) is 21.6. The van der Waals surface area contributed by atoms with Crippen molar-refractivity contribution in [3.8, 4) is 0 Å². The van der Waals surface area contributed by atoms with Crippen LogP contribution in [0, 0.1) is 0 Å². The van der Waals surface area contributed by atoms with Crippen molar-refractivity contribution in [3.63, 3.8) is 0 Å². The van der Waals surface area contributed by atoms with Gasteiger partial charge in [0.1, 0.15) is 0 Å². The van der Waals surface area contributed by atoms with Gasteiger partial charge >= 0.3 is 190 Å². The van der Waals surface area contributed by atoms with Crippen molar-refractivity contribution in [1.82, 2.24) is 0 Å². The standard InChI is InChI=1S/C25H28Se3/c1-2-3-4-14-21-25(26-22-15-8-5-9-16-22,27-23-17-10-6-11-18-23)28-24-19-12-7-13-20-24/h5-13,15-20H,2-4,14,21H2,1H3. The summed E-state index contributed by atoms with van der Waals surface area (Å²) in [5.41, 5.74) is 0. The molecule has 3 heteroatoms. The van der Waals surface area contributed by atoms with E-state index in [-0.39, 0.29) is 0 Å². The zero-order chi connectivity index (χ0) is 19.5. The monoisotopic (exact) mass is 568 g/mol. The average Bonchev–Trinajstić information content (AvgIpc) is 2.73. The molecule has 0 aliphatic carbocycles.